The van der Waals surface area contributed by atoms with Crippen LogP contribution in [0.25, 0.3) is 0 Å². The molecule has 0 bridgehead atoms. The Morgan fingerprint density at radius 1 is 1.45 bits per heavy atom. The molecule has 1 amide bonds. The Morgan fingerprint density at radius 3 is 2.85 bits per heavy atom. The quantitative estimate of drug-likeness (QED) is 0.407. The van der Waals surface area contributed by atoms with Crippen molar-refractivity contribution in [1.29, 1.82) is 5.41 Å². The van der Waals surface area contributed by atoms with E-state index >= 15 is 0 Å². The molecule has 2 N–H and O–H groups in total. The molecule has 5 nitrogen and oxygen atoms in total. The second-order valence-electron chi connectivity index (χ2n) is 5.69. The molecule has 2 atom stereocenters. The summed E-state index contributed by atoms with van der Waals surface area (Å²) in [7, 11) is 0. The zero-order chi connectivity index (χ0) is 14.4. The number of ether oxygens (including phenoxy) is 1. The third kappa shape index (κ3) is 4.66. The minimum atomic E-state index is -0.0625. The molecule has 2 fully saturated rings. The number of thiol groups is 1. The Labute approximate surface area is 126 Å². The van der Waals surface area contributed by atoms with Gasteiger partial charge in [-0.05, 0) is 32.4 Å². The van der Waals surface area contributed by atoms with Crippen LogP contribution in [0.1, 0.15) is 32.1 Å². The van der Waals surface area contributed by atoms with Gasteiger partial charge in [0.05, 0.1) is 0 Å². The highest BCUT2D eigenvalue weighted by atomic mass is 32.1. The molecule has 2 rings (SSSR count). The molecule has 0 aromatic heterocycles. The van der Waals surface area contributed by atoms with Gasteiger partial charge in [-0.25, -0.2) is 0 Å². The van der Waals surface area contributed by atoms with Crippen molar-refractivity contribution in [3.05, 3.63) is 0 Å². The highest BCUT2D eigenvalue weighted by Gasteiger charge is 2.26. The van der Waals surface area contributed by atoms with Crippen molar-refractivity contribution in [2.24, 2.45) is 5.92 Å². The number of likely N-dealkylation sites (tertiary alicyclic amines) is 1. The molecule has 2 unspecified atom stereocenters. The van der Waals surface area contributed by atoms with Gasteiger partial charge < -0.3 is 10.1 Å². The maximum Gasteiger partial charge on any atom is 0.220 e. The molecule has 2 aliphatic rings. The van der Waals surface area contributed by atoms with Gasteiger partial charge in [-0.3, -0.25) is 15.1 Å². The number of carbonyl (C=O) groups is 1. The van der Waals surface area contributed by atoms with E-state index in [9.17, 15) is 4.79 Å². The molecule has 6 heteroatoms. The normalized spacial score (nSPS) is 25.9. The summed E-state index contributed by atoms with van der Waals surface area (Å²) in [5.41, 5.74) is 0. The fourth-order valence-electron chi connectivity index (χ4n) is 2.85. The summed E-state index contributed by atoms with van der Waals surface area (Å²) in [6.07, 6.45) is 4.94. The number of carbonyl (C=O) groups excluding carboxylic acids is 1. The molecule has 2 saturated heterocycles. The molecule has 20 heavy (non-hydrogen) atoms. The van der Waals surface area contributed by atoms with Crippen LogP contribution in [-0.4, -0.2) is 54.7 Å². The first-order valence-corrected chi connectivity index (χ1v) is 8.17. The van der Waals surface area contributed by atoms with Gasteiger partial charge in [-0.2, -0.15) is 12.6 Å². The van der Waals surface area contributed by atoms with E-state index in [1.54, 1.807) is 0 Å². The van der Waals surface area contributed by atoms with E-state index in [-0.39, 0.29) is 23.8 Å². The van der Waals surface area contributed by atoms with Gasteiger partial charge in [0.25, 0.3) is 0 Å². The van der Waals surface area contributed by atoms with Crippen LogP contribution in [0.2, 0.25) is 0 Å². The van der Waals surface area contributed by atoms with Gasteiger partial charge >= 0.3 is 0 Å². The minimum Gasteiger partial charge on any atom is -0.475 e. The number of amides is 1. The zero-order valence-electron chi connectivity index (χ0n) is 11.9. The lowest BCUT2D eigenvalue weighted by Gasteiger charge is -2.31. The molecular weight excluding hydrogens is 274 g/mol. The average Bonchev–Trinajstić information content (AvgIpc) is 2.47. The van der Waals surface area contributed by atoms with Crippen LogP contribution < -0.4 is 5.32 Å². The van der Waals surface area contributed by atoms with Crippen LogP contribution in [0, 0.1) is 11.3 Å². The van der Waals surface area contributed by atoms with Crippen molar-refractivity contribution >= 4 is 24.4 Å². The summed E-state index contributed by atoms with van der Waals surface area (Å²) in [6, 6.07) is 0. The van der Waals surface area contributed by atoms with Crippen molar-refractivity contribution in [2.45, 2.75) is 38.2 Å². The smallest absolute Gasteiger partial charge is 0.220 e. The zero-order valence-corrected chi connectivity index (χ0v) is 12.8. The molecule has 2 aliphatic heterocycles. The number of hydrogen-bond acceptors (Lipinski definition) is 5. The van der Waals surface area contributed by atoms with Crippen LogP contribution >= 0.6 is 12.6 Å². The second kappa shape index (κ2) is 7.88. The predicted molar refractivity (Wildman–Crippen MR) is 82.5 cm³/mol. The molecule has 0 spiro atoms. The lowest BCUT2D eigenvalue weighted by molar-refractivity contribution is -0.123. The number of nitrogens with one attached hydrogen (secondary N) is 2. The van der Waals surface area contributed by atoms with E-state index in [0.29, 0.717) is 18.7 Å². The Bertz CT molecular complexity index is 345. The lowest BCUT2D eigenvalue weighted by atomic mass is 9.97. The fourth-order valence-corrected chi connectivity index (χ4v) is 3.04. The van der Waals surface area contributed by atoms with Crippen LogP contribution in [-0.2, 0) is 9.53 Å². The molecule has 0 aromatic carbocycles. The standard InChI is InChI=1S/C14H25N3O2S/c15-14(11-4-5-16-13(18)8-11)19-12(10-20)9-17-6-2-1-3-7-17/h11-12,15,20H,1-10H2,(H,16,18). The highest BCUT2D eigenvalue weighted by Crippen LogP contribution is 2.17. The van der Waals surface area contributed by atoms with Crippen molar-refractivity contribution < 1.29 is 9.53 Å². The van der Waals surface area contributed by atoms with Crippen LogP contribution in [0.3, 0.4) is 0 Å². The van der Waals surface area contributed by atoms with Gasteiger partial charge in [0, 0.05) is 31.2 Å². The summed E-state index contributed by atoms with van der Waals surface area (Å²) in [5.74, 6) is 0.828. The van der Waals surface area contributed by atoms with Gasteiger partial charge in [0.2, 0.25) is 5.91 Å². The number of piperidine rings is 2. The van der Waals surface area contributed by atoms with Crippen LogP contribution in [0.4, 0.5) is 0 Å². The molecule has 0 saturated carbocycles. The Hall–Kier alpha value is -0.750. The molecule has 0 aliphatic carbocycles. The maximum atomic E-state index is 11.4. The molecule has 2 heterocycles. The van der Waals surface area contributed by atoms with Gasteiger partial charge in [-0.1, -0.05) is 6.42 Å². The molecule has 0 radical (unpaired) electrons. The van der Waals surface area contributed by atoms with Crippen LogP contribution in [0.15, 0.2) is 0 Å². The topological polar surface area (TPSA) is 65.4 Å². The molecule has 0 aromatic rings. The maximum absolute atomic E-state index is 11.4. The number of nitrogens with zero attached hydrogens (tertiary/aromatic N) is 1. The highest BCUT2D eigenvalue weighted by molar-refractivity contribution is 7.80. The first-order valence-electron chi connectivity index (χ1n) is 7.54. The van der Waals surface area contributed by atoms with E-state index in [4.69, 9.17) is 10.1 Å². The summed E-state index contributed by atoms with van der Waals surface area (Å²) in [5, 5.41) is 10.9. The number of rotatable bonds is 5. The van der Waals surface area contributed by atoms with Gasteiger partial charge in [0.15, 0.2) is 5.90 Å². The lowest BCUT2D eigenvalue weighted by Crippen LogP contribution is -2.42. The van der Waals surface area contributed by atoms with Crippen molar-refractivity contribution in [1.82, 2.24) is 10.2 Å². The van der Waals surface area contributed by atoms with Crippen molar-refractivity contribution in [3.63, 3.8) is 0 Å². The van der Waals surface area contributed by atoms with Gasteiger partial charge in [0.1, 0.15) is 6.10 Å². The van der Waals surface area contributed by atoms with Crippen LogP contribution in [0.5, 0.6) is 0 Å². The van der Waals surface area contributed by atoms with E-state index in [0.717, 1.165) is 26.1 Å². The molecular formula is C14H25N3O2S. The number of hydrogen-bond donors (Lipinski definition) is 3. The van der Waals surface area contributed by atoms with E-state index < -0.39 is 0 Å². The Balaban J connectivity index is 1.79. The van der Waals surface area contributed by atoms with E-state index in [1.165, 1.54) is 19.3 Å². The largest absolute Gasteiger partial charge is 0.475 e. The third-order valence-corrected chi connectivity index (χ3v) is 4.43. The average molecular weight is 299 g/mol. The minimum absolute atomic E-state index is 0.0213. The Kier molecular flexibility index (Phi) is 6.16. The first-order chi connectivity index (χ1) is 9.69. The third-order valence-electron chi connectivity index (χ3n) is 4.03. The summed E-state index contributed by atoms with van der Waals surface area (Å²) in [6.45, 7) is 3.72. The van der Waals surface area contributed by atoms with E-state index in [2.05, 4.69) is 22.8 Å². The first kappa shape index (κ1) is 15.6. The van der Waals surface area contributed by atoms with Gasteiger partial charge in [-0.15, -0.1) is 0 Å². The second-order valence-corrected chi connectivity index (χ2v) is 6.05. The summed E-state index contributed by atoms with van der Waals surface area (Å²) in [4.78, 5) is 13.8. The predicted octanol–water partition coefficient (Wildman–Crippen LogP) is 1.29. The summed E-state index contributed by atoms with van der Waals surface area (Å²) >= 11 is 4.34. The Morgan fingerprint density at radius 2 is 2.20 bits per heavy atom. The monoisotopic (exact) mass is 299 g/mol. The van der Waals surface area contributed by atoms with Crippen molar-refractivity contribution in [2.75, 3.05) is 31.9 Å². The SMILES string of the molecule is N=C(OC(CS)CN1CCCCC1)C1CCNC(=O)C1. The van der Waals surface area contributed by atoms with E-state index in [1.807, 2.05) is 0 Å². The van der Waals surface area contributed by atoms with Crippen molar-refractivity contribution in [3.8, 4) is 0 Å². The summed E-state index contributed by atoms with van der Waals surface area (Å²) < 4.78 is 5.78. The fraction of sp³-hybridized carbons (Fsp3) is 0.857. The molecule has 114 valence electrons.